The van der Waals surface area contributed by atoms with Crippen molar-refractivity contribution < 1.29 is 4.74 Å². The Labute approximate surface area is 90.6 Å². The van der Waals surface area contributed by atoms with E-state index in [1.54, 1.807) is 0 Å². The average molecular weight is 209 g/mol. The summed E-state index contributed by atoms with van der Waals surface area (Å²) in [4.78, 5) is 4.28. The Bertz CT molecular complexity index is 292. The molecule has 2 heterocycles. The van der Waals surface area contributed by atoms with Crippen LogP contribution in [-0.4, -0.2) is 29.3 Å². The summed E-state index contributed by atoms with van der Waals surface area (Å²) >= 11 is 0. The molecule has 2 rings (SSSR count). The second kappa shape index (κ2) is 5.16. The van der Waals surface area contributed by atoms with Gasteiger partial charge in [0.25, 0.3) is 0 Å². The predicted octanol–water partition coefficient (Wildman–Crippen LogP) is 1.74. The summed E-state index contributed by atoms with van der Waals surface area (Å²) in [5.41, 5.74) is 0. The Kier molecular flexibility index (Phi) is 3.61. The van der Waals surface area contributed by atoms with E-state index in [-0.39, 0.29) is 0 Å². The molecule has 0 bridgehead atoms. The van der Waals surface area contributed by atoms with E-state index in [0.717, 1.165) is 32.3 Å². The van der Waals surface area contributed by atoms with Gasteiger partial charge in [-0.3, -0.25) is 0 Å². The van der Waals surface area contributed by atoms with Crippen LogP contribution < -0.4 is 5.32 Å². The Hall–Kier alpha value is -1.03. The second-order valence-electron chi connectivity index (χ2n) is 4.00. The van der Waals surface area contributed by atoms with E-state index in [0.29, 0.717) is 5.92 Å². The Balaban J connectivity index is 1.81. The number of nitrogens with one attached hydrogen (secondary N) is 1. The number of hydrogen-bond acceptors (Lipinski definition) is 3. The highest BCUT2D eigenvalue weighted by atomic mass is 16.5. The third-order valence-electron chi connectivity index (χ3n) is 2.86. The fourth-order valence-corrected chi connectivity index (χ4v) is 1.94. The van der Waals surface area contributed by atoms with Gasteiger partial charge in [-0.05, 0) is 25.7 Å². The van der Waals surface area contributed by atoms with Crippen molar-refractivity contribution in [3.05, 3.63) is 12.4 Å². The molecule has 0 saturated carbocycles. The van der Waals surface area contributed by atoms with Crippen molar-refractivity contribution in [2.24, 2.45) is 5.92 Å². The number of hydrogen-bond donors (Lipinski definition) is 1. The van der Waals surface area contributed by atoms with Crippen molar-refractivity contribution >= 4 is 5.95 Å². The lowest BCUT2D eigenvalue weighted by Crippen LogP contribution is -2.25. The van der Waals surface area contributed by atoms with Crippen LogP contribution in [0.2, 0.25) is 0 Å². The van der Waals surface area contributed by atoms with Crippen LogP contribution in [0.3, 0.4) is 0 Å². The van der Waals surface area contributed by atoms with Crippen molar-refractivity contribution in [2.45, 2.75) is 26.3 Å². The van der Waals surface area contributed by atoms with Crippen LogP contribution >= 0.6 is 0 Å². The highest BCUT2D eigenvalue weighted by Gasteiger charge is 2.14. The van der Waals surface area contributed by atoms with E-state index in [2.05, 4.69) is 21.8 Å². The highest BCUT2D eigenvalue weighted by molar-refractivity contribution is 5.25. The van der Waals surface area contributed by atoms with Crippen molar-refractivity contribution in [1.29, 1.82) is 0 Å². The number of imidazole rings is 1. The van der Waals surface area contributed by atoms with Crippen molar-refractivity contribution in [3.8, 4) is 0 Å². The van der Waals surface area contributed by atoms with Gasteiger partial charge in [-0.25, -0.2) is 4.98 Å². The maximum absolute atomic E-state index is 5.44. The van der Waals surface area contributed by atoms with Crippen molar-refractivity contribution in [3.63, 3.8) is 0 Å². The molecule has 1 aromatic rings. The molecule has 1 atom stereocenters. The van der Waals surface area contributed by atoms with E-state index < -0.39 is 0 Å². The summed E-state index contributed by atoms with van der Waals surface area (Å²) < 4.78 is 7.56. The molecular weight excluding hydrogens is 190 g/mol. The second-order valence-corrected chi connectivity index (χ2v) is 4.00. The summed E-state index contributed by atoms with van der Waals surface area (Å²) in [5, 5.41) is 3.39. The molecule has 1 aliphatic rings. The Morgan fingerprint density at radius 1 is 1.67 bits per heavy atom. The maximum atomic E-state index is 5.44. The lowest BCUT2D eigenvalue weighted by Gasteiger charge is -2.22. The quantitative estimate of drug-likeness (QED) is 0.821. The van der Waals surface area contributed by atoms with Gasteiger partial charge in [0, 0.05) is 32.1 Å². The maximum Gasteiger partial charge on any atom is 0.202 e. The number of rotatable bonds is 4. The van der Waals surface area contributed by atoms with E-state index in [1.165, 1.54) is 12.8 Å². The van der Waals surface area contributed by atoms with Crippen LogP contribution in [0.1, 0.15) is 19.8 Å². The van der Waals surface area contributed by atoms with Gasteiger partial charge in [0.05, 0.1) is 6.61 Å². The van der Waals surface area contributed by atoms with Crippen LogP contribution in [0.5, 0.6) is 0 Å². The molecule has 4 nitrogen and oxygen atoms in total. The van der Waals surface area contributed by atoms with Gasteiger partial charge in [0.1, 0.15) is 0 Å². The molecule has 0 amide bonds. The lowest BCUT2D eigenvalue weighted by molar-refractivity contribution is 0.0594. The molecule has 0 aliphatic carbocycles. The van der Waals surface area contributed by atoms with E-state index in [1.807, 2.05) is 12.4 Å². The Morgan fingerprint density at radius 2 is 2.60 bits per heavy atom. The first-order valence-corrected chi connectivity index (χ1v) is 5.73. The molecule has 1 aromatic heterocycles. The zero-order valence-corrected chi connectivity index (χ0v) is 9.28. The Morgan fingerprint density at radius 3 is 3.33 bits per heavy atom. The first kappa shape index (κ1) is 10.5. The van der Waals surface area contributed by atoms with E-state index in [9.17, 15) is 0 Å². The van der Waals surface area contributed by atoms with Crippen molar-refractivity contribution in [1.82, 2.24) is 9.55 Å². The summed E-state index contributed by atoms with van der Waals surface area (Å²) in [6.07, 6.45) is 6.29. The molecule has 84 valence electrons. The van der Waals surface area contributed by atoms with Gasteiger partial charge in [0.15, 0.2) is 0 Å². The lowest BCUT2D eigenvalue weighted by atomic mass is 10.0. The van der Waals surface area contributed by atoms with Gasteiger partial charge >= 0.3 is 0 Å². The first-order chi connectivity index (χ1) is 7.40. The van der Waals surface area contributed by atoms with Crippen LogP contribution in [-0.2, 0) is 11.3 Å². The van der Waals surface area contributed by atoms with Gasteiger partial charge in [-0.2, -0.15) is 0 Å². The largest absolute Gasteiger partial charge is 0.381 e. The number of anilines is 1. The molecular formula is C11H19N3O. The standard InChI is InChI=1S/C11H19N3O/c1-2-14-6-5-12-11(14)13-8-10-4-3-7-15-9-10/h5-6,10H,2-4,7-9H2,1H3,(H,12,13). The average Bonchev–Trinajstić information content (AvgIpc) is 2.75. The third-order valence-corrected chi connectivity index (χ3v) is 2.86. The third kappa shape index (κ3) is 2.72. The first-order valence-electron chi connectivity index (χ1n) is 5.73. The highest BCUT2D eigenvalue weighted by Crippen LogP contribution is 2.14. The zero-order valence-electron chi connectivity index (χ0n) is 9.28. The number of aromatic nitrogens is 2. The van der Waals surface area contributed by atoms with Crippen LogP contribution in [0, 0.1) is 5.92 Å². The predicted molar refractivity (Wildman–Crippen MR) is 59.9 cm³/mol. The van der Waals surface area contributed by atoms with Crippen LogP contribution in [0.15, 0.2) is 12.4 Å². The molecule has 0 radical (unpaired) electrons. The molecule has 0 aromatic carbocycles. The van der Waals surface area contributed by atoms with Gasteiger partial charge in [0.2, 0.25) is 5.95 Å². The molecule has 0 spiro atoms. The van der Waals surface area contributed by atoms with Gasteiger partial charge in [-0.15, -0.1) is 0 Å². The monoisotopic (exact) mass is 209 g/mol. The van der Waals surface area contributed by atoms with E-state index >= 15 is 0 Å². The smallest absolute Gasteiger partial charge is 0.202 e. The summed E-state index contributed by atoms with van der Waals surface area (Å²) in [5.74, 6) is 1.61. The van der Waals surface area contributed by atoms with Crippen molar-refractivity contribution in [2.75, 3.05) is 25.1 Å². The number of ether oxygens (including phenoxy) is 1. The fourth-order valence-electron chi connectivity index (χ4n) is 1.94. The normalized spacial score (nSPS) is 21.5. The van der Waals surface area contributed by atoms with Gasteiger partial charge in [-0.1, -0.05) is 0 Å². The number of nitrogens with zero attached hydrogens (tertiary/aromatic N) is 2. The summed E-state index contributed by atoms with van der Waals surface area (Å²) in [6, 6.07) is 0. The van der Waals surface area contributed by atoms with Crippen LogP contribution in [0.4, 0.5) is 5.95 Å². The molecule has 1 aliphatic heterocycles. The molecule has 1 N–H and O–H groups in total. The molecule has 15 heavy (non-hydrogen) atoms. The van der Waals surface area contributed by atoms with Gasteiger partial charge < -0.3 is 14.6 Å². The molecule has 1 saturated heterocycles. The minimum atomic E-state index is 0.640. The molecule has 4 heteroatoms. The zero-order chi connectivity index (χ0) is 10.5. The van der Waals surface area contributed by atoms with E-state index in [4.69, 9.17) is 4.74 Å². The summed E-state index contributed by atoms with van der Waals surface area (Å²) in [7, 11) is 0. The molecule has 1 unspecified atom stereocenters. The summed E-state index contributed by atoms with van der Waals surface area (Å²) in [6.45, 7) is 5.87. The molecule has 1 fully saturated rings. The minimum absolute atomic E-state index is 0.640. The van der Waals surface area contributed by atoms with Crippen LogP contribution in [0.25, 0.3) is 0 Å². The number of aryl methyl sites for hydroxylation is 1. The minimum Gasteiger partial charge on any atom is -0.381 e. The SMILES string of the molecule is CCn1ccnc1NCC1CCCOC1. The fraction of sp³-hybridized carbons (Fsp3) is 0.727. The topological polar surface area (TPSA) is 39.1 Å².